The van der Waals surface area contributed by atoms with Crippen molar-refractivity contribution in [3.8, 4) is 0 Å². The molecule has 0 radical (unpaired) electrons. The minimum absolute atomic E-state index is 0.188. The first kappa shape index (κ1) is 25.5. The van der Waals surface area contributed by atoms with Crippen LogP contribution in [0.4, 0.5) is 23.0 Å². The van der Waals surface area contributed by atoms with Crippen LogP contribution >= 0.6 is 0 Å². The average molecular weight is 550 g/mol. The average Bonchev–Trinajstić information content (AvgIpc) is 3.27. The number of aromatic nitrogens is 3. The Balaban J connectivity index is 1.59. The van der Waals surface area contributed by atoms with E-state index in [0.717, 1.165) is 62.1 Å². The number of aryl methyl sites for hydroxylation is 4. The van der Waals surface area contributed by atoms with Crippen molar-refractivity contribution in [1.82, 2.24) is 15.0 Å². The molecule has 4 heterocycles. The number of hydrogen-bond acceptors (Lipinski definition) is 8. The van der Waals surface area contributed by atoms with Gasteiger partial charge in [0.2, 0.25) is 5.78 Å². The fraction of sp³-hybridized carbons (Fsp3) is 0.118. The summed E-state index contributed by atoms with van der Waals surface area (Å²) in [4.78, 5) is 31.8. The van der Waals surface area contributed by atoms with Gasteiger partial charge in [0.05, 0.1) is 39.5 Å². The highest BCUT2D eigenvalue weighted by atomic mass is 16.1. The Hall–Kier alpha value is -5.50. The Morgan fingerprint density at radius 1 is 0.667 bits per heavy atom. The Morgan fingerprint density at radius 3 is 1.76 bits per heavy atom. The van der Waals surface area contributed by atoms with Crippen molar-refractivity contribution >= 4 is 52.1 Å². The van der Waals surface area contributed by atoms with Crippen molar-refractivity contribution in [1.29, 1.82) is 0 Å². The lowest BCUT2D eigenvalue weighted by molar-refractivity contribution is 0.106. The maximum absolute atomic E-state index is 12.5. The molecular formula is C34H27N7O. The van der Waals surface area contributed by atoms with Gasteiger partial charge in [-0.05, 0) is 80.3 Å². The number of pyridine rings is 1. The molecule has 204 valence electrons. The molecule has 0 N–H and O–H groups in total. The lowest BCUT2D eigenvalue weighted by Crippen LogP contribution is -2.35. The molecule has 3 aromatic carbocycles. The summed E-state index contributed by atoms with van der Waals surface area (Å²) in [5.74, 6) is 2.12. The van der Waals surface area contributed by atoms with Gasteiger partial charge in [-0.2, -0.15) is 5.10 Å². The summed E-state index contributed by atoms with van der Waals surface area (Å²) < 4.78 is 0. The molecule has 0 spiro atoms. The second kappa shape index (κ2) is 9.85. The van der Waals surface area contributed by atoms with Gasteiger partial charge in [-0.15, -0.1) is 5.10 Å². The molecule has 0 atom stereocenters. The van der Waals surface area contributed by atoms with Crippen LogP contribution in [0.5, 0.6) is 0 Å². The first-order valence-electron chi connectivity index (χ1n) is 13.7. The highest BCUT2D eigenvalue weighted by molar-refractivity contribution is 6.35. The molecule has 42 heavy (non-hydrogen) atoms. The van der Waals surface area contributed by atoms with E-state index in [1.54, 1.807) is 12.3 Å². The molecule has 0 saturated heterocycles. The van der Waals surface area contributed by atoms with Gasteiger partial charge >= 0.3 is 0 Å². The fourth-order valence-electron chi connectivity index (χ4n) is 5.76. The zero-order valence-electron chi connectivity index (χ0n) is 23.7. The summed E-state index contributed by atoms with van der Waals surface area (Å²) in [6, 6.07) is 22.2. The summed E-state index contributed by atoms with van der Waals surface area (Å²) in [7, 11) is 0. The van der Waals surface area contributed by atoms with Gasteiger partial charge in [0, 0.05) is 6.20 Å². The Bertz CT molecular complexity index is 1990. The second-order valence-corrected chi connectivity index (χ2v) is 10.5. The fourth-order valence-corrected chi connectivity index (χ4v) is 5.76. The second-order valence-electron chi connectivity index (χ2n) is 10.5. The van der Waals surface area contributed by atoms with Crippen LogP contribution < -0.4 is 20.5 Å². The quantitative estimate of drug-likeness (QED) is 0.288. The van der Waals surface area contributed by atoms with E-state index < -0.39 is 0 Å². The van der Waals surface area contributed by atoms with E-state index in [1.807, 2.05) is 36.4 Å². The van der Waals surface area contributed by atoms with Gasteiger partial charge in [0.15, 0.2) is 11.6 Å². The number of ketones is 1. The molecule has 0 bridgehead atoms. The van der Waals surface area contributed by atoms with E-state index in [-0.39, 0.29) is 5.78 Å². The highest BCUT2D eigenvalue weighted by Gasteiger charge is 2.38. The van der Waals surface area contributed by atoms with Crippen LogP contribution in [0, 0.1) is 27.7 Å². The maximum Gasteiger partial charge on any atom is 0.208 e. The van der Waals surface area contributed by atoms with E-state index in [1.165, 1.54) is 6.21 Å². The molecule has 2 aromatic heterocycles. The van der Waals surface area contributed by atoms with Gasteiger partial charge in [-0.1, -0.05) is 48.5 Å². The summed E-state index contributed by atoms with van der Waals surface area (Å²) in [6.07, 6.45) is 6.75. The van der Waals surface area contributed by atoms with Crippen molar-refractivity contribution in [2.75, 3.05) is 9.80 Å². The van der Waals surface area contributed by atoms with Crippen molar-refractivity contribution in [2.24, 2.45) is 10.2 Å². The number of para-hydroxylation sites is 4. The molecule has 5 aromatic rings. The Kier molecular flexibility index (Phi) is 5.97. The normalized spacial score (nSPS) is 14.3. The maximum atomic E-state index is 12.5. The summed E-state index contributed by atoms with van der Waals surface area (Å²) in [5, 5.41) is 9.16. The smallest absolute Gasteiger partial charge is 0.208 e. The summed E-state index contributed by atoms with van der Waals surface area (Å²) in [5.41, 5.74) is 8.60. The van der Waals surface area contributed by atoms with Crippen LogP contribution in [0.15, 0.2) is 95.0 Å². The molecule has 0 fully saturated rings. The van der Waals surface area contributed by atoms with E-state index in [4.69, 9.17) is 9.97 Å². The third kappa shape index (κ3) is 3.99. The van der Waals surface area contributed by atoms with Crippen molar-refractivity contribution in [2.45, 2.75) is 27.7 Å². The van der Waals surface area contributed by atoms with Gasteiger partial charge in [-0.25, -0.2) is 9.97 Å². The van der Waals surface area contributed by atoms with Crippen LogP contribution in [0.3, 0.4) is 0 Å². The zero-order chi connectivity index (χ0) is 29.0. The molecule has 0 unspecified atom stereocenters. The highest BCUT2D eigenvalue weighted by Crippen LogP contribution is 2.51. The third-order valence-corrected chi connectivity index (χ3v) is 7.68. The van der Waals surface area contributed by atoms with Crippen molar-refractivity contribution in [3.63, 3.8) is 0 Å². The summed E-state index contributed by atoms with van der Waals surface area (Å²) in [6.45, 7) is 8.43. The number of benzene rings is 3. The van der Waals surface area contributed by atoms with Gasteiger partial charge in [-0.3, -0.25) is 19.6 Å². The molecule has 2 aliphatic heterocycles. The molecular weight excluding hydrogens is 522 g/mol. The predicted octanol–water partition coefficient (Wildman–Crippen LogP) is 5.67. The largest absolute Gasteiger partial charge is 0.287 e. The number of carbonyl (C=O) groups excluding carboxylic acids is 1. The third-order valence-electron chi connectivity index (χ3n) is 7.68. The van der Waals surface area contributed by atoms with Crippen LogP contribution in [0.1, 0.15) is 32.6 Å². The van der Waals surface area contributed by atoms with E-state index in [9.17, 15) is 4.79 Å². The van der Waals surface area contributed by atoms with Gasteiger partial charge < -0.3 is 0 Å². The standard InChI is InChI=1S/C34H27N7O/c1-20-9-7-10-21(2)31(20)40-29(16-15-27-30-24(17-18-35-27)28(42)19-36-39-30)41(32-22(3)11-8-12-23(32)4)34-33(40)37-25-13-5-6-14-26(25)38-34/h5-19H,1-4H3/b27-15+. The molecule has 2 aliphatic rings. The lowest BCUT2D eigenvalue weighted by atomic mass is 10.1. The minimum Gasteiger partial charge on any atom is -0.287 e. The van der Waals surface area contributed by atoms with Crippen molar-refractivity contribution < 1.29 is 4.79 Å². The number of nitrogens with zero attached hydrogens (tertiary/aromatic N) is 7. The first-order valence-corrected chi connectivity index (χ1v) is 13.7. The molecule has 8 heteroatoms. The van der Waals surface area contributed by atoms with Gasteiger partial charge in [0.1, 0.15) is 11.2 Å². The number of anilines is 4. The number of allylic oxidation sites excluding steroid dienone is 1. The molecule has 0 saturated carbocycles. The zero-order valence-corrected chi connectivity index (χ0v) is 23.7. The monoisotopic (exact) mass is 549 g/mol. The van der Waals surface area contributed by atoms with E-state index in [2.05, 4.69) is 89.1 Å². The van der Waals surface area contributed by atoms with Crippen LogP contribution in [0.2, 0.25) is 0 Å². The van der Waals surface area contributed by atoms with E-state index >= 15 is 0 Å². The van der Waals surface area contributed by atoms with Crippen LogP contribution in [-0.2, 0) is 0 Å². The van der Waals surface area contributed by atoms with Gasteiger partial charge in [0.25, 0.3) is 0 Å². The van der Waals surface area contributed by atoms with Crippen LogP contribution in [-0.4, -0.2) is 26.9 Å². The predicted molar refractivity (Wildman–Crippen MR) is 166 cm³/mol. The Morgan fingerprint density at radius 2 is 1.21 bits per heavy atom. The topological polar surface area (TPSA) is 86.9 Å². The number of Topliss-reactive ketones (excluding diaryl/α,β-unsaturated/α-hetero) is 1. The molecule has 7 rings (SSSR count). The van der Waals surface area contributed by atoms with Crippen LogP contribution in [0.25, 0.3) is 17.1 Å². The minimum atomic E-state index is -0.188. The molecule has 8 nitrogen and oxygen atoms in total. The SMILES string of the molecule is Cc1cccc(C)c1N1C(=C/C=c2/nccc3c2=NN=CC3=O)N(c2c(C)cccc2C)c2nc3ccccc3nc21. The first-order chi connectivity index (χ1) is 20.4. The Labute approximate surface area is 242 Å². The van der Waals surface area contributed by atoms with Crippen molar-refractivity contribution in [3.05, 3.63) is 123 Å². The summed E-state index contributed by atoms with van der Waals surface area (Å²) >= 11 is 0. The molecule has 0 amide bonds. The number of carbonyl (C=O) groups is 1. The molecule has 0 aliphatic carbocycles. The number of rotatable bonds is 3. The number of fused-ring (bicyclic) bond motifs is 3. The number of hydrogen-bond donors (Lipinski definition) is 0. The lowest BCUT2D eigenvalue weighted by Gasteiger charge is -2.28. The van der Waals surface area contributed by atoms with E-state index in [0.29, 0.717) is 16.3 Å².